The van der Waals surface area contributed by atoms with Gasteiger partial charge in [-0.1, -0.05) is 13.3 Å². The van der Waals surface area contributed by atoms with Crippen LogP contribution < -0.4 is 15.8 Å². The van der Waals surface area contributed by atoms with Crippen LogP contribution in [-0.4, -0.2) is 24.6 Å². The van der Waals surface area contributed by atoms with Crippen LogP contribution in [0.3, 0.4) is 0 Å². The number of anilines is 1. The second-order valence-electron chi connectivity index (χ2n) is 4.01. The first kappa shape index (κ1) is 14.2. The van der Waals surface area contributed by atoms with E-state index in [1.807, 2.05) is 0 Å². The van der Waals surface area contributed by atoms with Crippen LogP contribution >= 0.6 is 0 Å². The van der Waals surface area contributed by atoms with Gasteiger partial charge in [-0.05, 0) is 12.5 Å². The standard InChI is InChI=1S/C12H19N3O3/c1-3-4-10(8-13)14-9-5-6-11(15(16)17)12(7-9)18-2/h5-7,10,14H,3-4,8,13H2,1-2H3. The van der Waals surface area contributed by atoms with Crippen LogP contribution in [0.15, 0.2) is 18.2 Å². The summed E-state index contributed by atoms with van der Waals surface area (Å²) in [6.07, 6.45) is 1.98. The molecule has 1 unspecified atom stereocenters. The molecule has 0 heterocycles. The molecule has 0 amide bonds. The van der Waals surface area contributed by atoms with Crippen molar-refractivity contribution in [1.29, 1.82) is 0 Å². The van der Waals surface area contributed by atoms with Crippen molar-refractivity contribution in [1.82, 2.24) is 0 Å². The van der Waals surface area contributed by atoms with Crippen molar-refractivity contribution in [2.24, 2.45) is 5.73 Å². The van der Waals surface area contributed by atoms with Crippen LogP contribution in [0.2, 0.25) is 0 Å². The molecule has 0 saturated carbocycles. The summed E-state index contributed by atoms with van der Waals surface area (Å²) in [4.78, 5) is 10.3. The fourth-order valence-electron chi connectivity index (χ4n) is 1.75. The monoisotopic (exact) mass is 253 g/mol. The van der Waals surface area contributed by atoms with Crippen molar-refractivity contribution in [3.05, 3.63) is 28.3 Å². The van der Waals surface area contributed by atoms with E-state index in [-0.39, 0.29) is 17.5 Å². The Morgan fingerprint density at radius 2 is 2.28 bits per heavy atom. The number of rotatable bonds is 7. The zero-order valence-electron chi connectivity index (χ0n) is 10.7. The normalized spacial score (nSPS) is 11.9. The number of benzene rings is 1. The second-order valence-corrected chi connectivity index (χ2v) is 4.01. The summed E-state index contributed by atoms with van der Waals surface area (Å²) in [5, 5.41) is 14.0. The lowest BCUT2D eigenvalue weighted by Crippen LogP contribution is -2.28. The van der Waals surface area contributed by atoms with Crippen LogP contribution in [0.5, 0.6) is 5.75 Å². The Balaban J connectivity index is 2.88. The van der Waals surface area contributed by atoms with Crippen LogP contribution in [-0.2, 0) is 0 Å². The molecule has 6 heteroatoms. The number of nitro benzene ring substituents is 1. The predicted octanol–water partition coefficient (Wildman–Crippen LogP) is 2.14. The first-order valence-corrected chi connectivity index (χ1v) is 5.91. The molecule has 100 valence electrons. The van der Waals surface area contributed by atoms with Gasteiger partial charge < -0.3 is 15.8 Å². The van der Waals surface area contributed by atoms with Gasteiger partial charge >= 0.3 is 5.69 Å². The quantitative estimate of drug-likeness (QED) is 0.574. The molecule has 1 aromatic carbocycles. The average Bonchev–Trinajstić information content (AvgIpc) is 2.37. The highest BCUT2D eigenvalue weighted by molar-refractivity contribution is 5.58. The molecule has 0 aliphatic rings. The van der Waals surface area contributed by atoms with Gasteiger partial charge in [0.15, 0.2) is 5.75 Å². The molecule has 0 spiro atoms. The Morgan fingerprint density at radius 1 is 1.56 bits per heavy atom. The third kappa shape index (κ3) is 3.59. The van der Waals surface area contributed by atoms with Crippen molar-refractivity contribution in [2.75, 3.05) is 19.0 Å². The lowest BCUT2D eigenvalue weighted by Gasteiger charge is -2.17. The molecule has 0 aromatic heterocycles. The minimum absolute atomic E-state index is 0.0390. The van der Waals surface area contributed by atoms with Crippen molar-refractivity contribution in [3.63, 3.8) is 0 Å². The molecule has 1 atom stereocenters. The maximum atomic E-state index is 10.8. The average molecular weight is 253 g/mol. The molecule has 1 aromatic rings. The molecule has 0 radical (unpaired) electrons. The largest absolute Gasteiger partial charge is 0.490 e. The van der Waals surface area contributed by atoms with Crippen LogP contribution in [0.1, 0.15) is 19.8 Å². The fraction of sp³-hybridized carbons (Fsp3) is 0.500. The summed E-state index contributed by atoms with van der Waals surface area (Å²) >= 11 is 0. The Morgan fingerprint density at radius 3 is 2.78 bits per heavy atom. The number of nitrogens with two attached hydrogens (primary N) is 1. The topological polar surface area (TPSA) is 90.4 Å². The molecule has 1 rings (SSSR count). The van der Waals surface area contributed by atoms with Gasteiger partial charge in [-0.2, -0.15) is 0 Å². The zero-order chi connectivity index (χ0) is 13.5. The number of hydrogen-bond donors (Lipinski definition) is 2. The minimum Gasteiger partial charge on any atom is -0.490 e. The molecule has 0 bridgehead atoms. The van der Waals surface area contributed by atoms with Crippen molar-refractivity contribution in [2.45, 2.75) is 25.8 Å². The van der Waals surface area contributed by atoms with E-state index < -0.39 is 4.92 Å². The third-order valence-corrected chi connectivity index (χ3v) is 2.67. The molecular weight excluding hydrogens is 234 g/mol. The molecule has 0 aliphatic heterocycles. The number of methoxy groups -OCH3 is 1. The van der Waals surface area contributed by atoms with E-state index in [1.165, 1.54) is 13.2 Å². The molecule has 18 heavy (non-hydrogen) atoms. The van der Waals surface area contributed by atoms with E-state index >= 15 is 0 Å². The van der Waals surface area contributed by atoms with Gasteiger partial charge in [0, 0.05) is 30.4 Å². The summed E-state index contributed by atoms with van der Waals surface area (Å²) in [7, 11) is 1.42. The lowest BCUT2D eigenvalue weighted by atomic mass is 10.1. The first-order chi connectivity index (χ1) is 8.62. The summed E-state index contributed by atoms with van der Waals surface area (Å²) in [6.45, 7) is 2.61. The fourth-order valence-corrected chi connectivity index (χ4v) is 1.75. The number of nitro groups is 1. The summed E-state index contributed by atoms with van der Waals surface area (Å²) in [5.74, 6) is 0.247. The third-order valence-electron chi connectivity index (χ3n) is 2.67. The summed E-state index contributed by atoms with van der Waals surface area (Å²) in [6, 6.07) is 4.89. The Kier molecular flexibility index (Phi) is 5.38. The molecule has 0 saturated heterocycles. The Hall–Kier alpha value is -1.82. The van der Waals surface area contributed by atoms with Crippen LogP contribution in [0.25, 0.3) is 0 Å². The van der Waals surface area contributed by atoms with E-state index in [1.54, 1.807) is 12.1 Å². The van der Waals surface area contributed by atoms with Gasteiger partial charge in [-0.25, -0.2) is 0 Å². The lowest BCUT2D eigenvalue weighted by molar-refractivity contribution is -0.385. The minimum atomic E-state index is -0.463. The van der Waals surface area contributed by atoms with E-state index in [0.717, 1.165) is 18.5 Å². The Bertz CT molecular complexity index is 410. The highest BCUT2D eigenvalue weighted by atomic mass is 16.6. The zero-order valence-corrected chi connectivity index (χ0v) is 10.7. The number of hydrogen-bond acceptors (Lipinski definition) is 5. The molecule has 6 nitrogen and oxygen atoms in total. The van der Waals surface area contributed by atoms with Gasteiger partial charge in [0.05, 0.1) is 12.0 Å². The highest BCUT2D eigenvalue weighted by Gasteiger charge is 2.15. The summed E-state index contributed by atoms with van der Waals surface area (Å²) in [5.41, 5.74) is 6.39. The van der Waals surface area contributed by atoms with Gasteiger partial charge in [0.2, 0.25) is 0 Å². The molecule has 3 N–H and O–H groups in total. The van der Waals surface area contributed by atoms with E-state index in [2.05, 4.69) is 12.2 Å². The van der Waals surface area contributed by atoms with E-state index in [4.69, 9.17) is 10.5 Å². The molecular formula is C12H19N3O3. The molecule has 0 aliphatic carbocycles. The van der Waals surface area contributed by atoms with Gasteiger partial charge in [0.25, 0.3) is 0 Å². The Labute approximate surface area is 106 Å². The van der Waals surface area contributed by atoms with Crippen molar-refractivity contribution >= 4 is 11.4 Å². The van der Waals surface area contributed by atoms with Gasteiger partial charge in [0.1, 0.15) is 0 Å². The van der Waals surface area contributed by atoms with E-state index in [0.29, 0.717) is 6.54 Å². The molecule has 0 fully saturated rings. The predicted molar refractivity (Wildman–Crippen MR) is 71.0 cm³/mol. The summed E-state index contributed by atoms with van der Waals surface area (Å²) < 4.78 is 5.01. The smallest absolute Gasteiger partial charge is 0.311 e. The second kappa shape index (κ2) is 6.80. The number of ether oxygens (including phenoxy) is 1. The highest BCUT2D eigenvalue weighted by Crippen LogP contribution is 2.30. The first-order valence-electron chi connectivity index (χ1n) is 5.91. The van der Waals surface area contributed by atoms with Crippen molar-refractivity contribution < 1.29 is 9.66 Å². The number of nitrogens with zero attached hydrogens (tertiary/aromatic N) is 1. The van der Waals surface area contributed by atoms with E-state index in [9.17, 15) is 10.1 Å². The van der Waals surface area contributed by atoms with Gasteiger partial charge in [-0.3, -0.25) is 10.1 Å². The van der Waals surface area contributed by atoms with Crippen molar-refractivity contribution in [3.8, 4) is 5.75 Å². The maximum absolute atomic E-state index is 10.8. The SMILES string of the molecule is CCCC(CN)Nc1ccc([N+](=O)[O-])c(OC)c1. The number of nitrogens with one attached hydrogen (secondary N) is 1. The maximum Gasteiger partial charge on any atom is 0.311 e. The van der Waals surface area contributed by atoms with Crippen LogP contribution in [0, 0.1) is 10.1 Å². The van der Waals surface area contributed by atoms with Crippen LogP contribution in [0.4, 0.5) is 11.4 Å². The van der Waals surface area contributed by atoms with Gasteiger partial charge in [-0.15, -0.1) is 0 Å².